The zero-order valence-corrected chi connectivity index (χ0v) is 16.0. The lowest BCUT2D eigenvalue weighted by Gasteiger charge is -2.31. The molecule has 2 fully saturated rings. The average molecular weight is 456 g/mol. The van der Waals surface area contributed by atoms with Crippen LogP contribution < -0.4 is 5.32 Å². The first kappa shape index (κ1) is 18.2. The predicted octanol–water partition coefficient (Wildman–Crippen LogP) is 2.42. The summed E-state index contributed by atoms with van der Waals surface area (Å²) in [6, 6.07) is 7.37. The number of nitrogens with zero attached hydrogens (tertiary/aromatic N) is 1. The predicted molar refractivity (Wildman–Crippen MR) is 101 cm³/mol. The SMILES string of the molecule is O=C(COC(=O)C1CCN(C(=O)C2CC2)CC1)Nc1ccc(I)cc1. The van der Waals surface area contributed by atoms with Crippen LogP contribution in [0.15, 0.2) is 24.3 Å². The Bertz CT molecular complexity index is 650. The molecule has 1 aliphatic heterocycles. The molecule has 1 aromatic carbocycles. The van der Waals surface area contributed by atoms with Gasteiger partial charge < -0.3 is 15.0 Å². The van der Waals surface area contributed by atoms with Gasteiger partial charge in [0.1, 0.15) is 0 Å². The van der Waals surface area contributed by atoms with E-state index in [4.69, 9.17) is 4.74 Å². The zero-order chi connectivity index (χ0) is 17.8. The van der Waals surface area contributed by atoms with Gasteiger partial charge in [-0.05, 0) is 72.5 Å². The molecule has 1 heterocycles. The number of hydrogen-bond acceptors (Lipinski definition) is 4. The summed E-state index contributed by atoms with van der Waals surface area (Å²) in [5.41, 5.74) is 0.674. The summed E-state index contributed by atoms with van der Waals surface area (Å²) in [5, 5.41) is 2.70. The Kier molecular flexibility index (Phi) is 5.93. The number of anilines is 1. The maximum Gasteiger partial charge on any atom is 0.309 e. The molecule has 0 atom stereocenters. The Morgan fingerprint density at radius 3 is 2.28 bits per heavy atom. The first-order chi connectivity index (χ1) is 12.0. The van der Waals surface area contributed by atoms with E-state index in [2.05, 4.69) is 27.9 Å². The van der Waals surface area contributed by atoms with Crippen molar-refractivity contribution < 1.29 is 19.1 Å². The lowest BCUT2D eigenvalue weighted by molar-refractivity contribution is -0.154. The summed E-state index contributed by atoms with van der Waals surface area (Å²) in [7, 11) is 0. The topological polar surface area (TPSA) is 75.7 Å². The van der Waals surface area contributed by atoms with E-state index in [-0.39, 0.29) is 36.2 Å². The number of likely N-dealkylation sites (tertiary alicyclic amines) is 1. The lowest BCUT2D eigenvalue weighted by atomic mass is 9.97. The number of halogens is 1. The third-order valence-electron chi connectivity index (χ3n) is 4.54. The fourth-order valence-electron chi connectivity index (χ4n) is 2.91. The largest absolute Gasteiger partial charge is 0.455 e. The standard InChI is InChI=1S/C18H21IN2O4/c19-14-3-5-15(6-4-14)20-16(22)11-25-18(24)13-7-9-21(10-8-13)17(23)12-1-2-12/h3-6,12-13H,1-2,7-11H2,(H,20,22). The molecule has 2 amide bonds. The summed E-state index contributed by atoms with van der Waals surface area (Å²) >= 11 is 2.19. The van der Waals surface area contributed by atoms with Gasteiger partial charge in [-0.3, -0.25) is 14.4 Å². The highest BCUT2D eigenvalue weighted by atomic mass is 127. The van der Waals surface area contributed by atoms with Crippen molar-refractivity contribution in [3.63, 3.8) is 0 Å². The van der Waals surface area contributed by atoms with Crippen LogP contribution in [0.25, 0.3) is 0 Å². The molecule has 6 nitrogen and oxygen atoms in total. The van der Waals surface area contributed by atoms with Crippen LogP contribution in [-0.4, -0.2) is 42.4 Å². The fourth-order valence-corrected chi connectivity index (χ4v) is 3.27. The van der Waals surface area contributed by atoms with Gasteiger partial charge in [-0.25, -0.2) is 0 Å². The third kappa shape index (κ3) is 5.17. The molecule has 1 aliphatic carbocycles. The van der Waals surface area contributed by atoms with Crippen LogP contribution in [0, 0.1) is 15.4 Å². The number of esters is 1. The number of hydrogen-bond donors (Lipinski definition) is 1. The van der Waals surface area contributed by atoms with Crippen molar-refractivity contribution in [1.29, 1.82) is 0 Å². The van der Waals surface area contributed by atoms with Gasteiger partial charge in [0.15, 0.2) is 6.61 Å². The maximum atomic E-state index is 12.1. The summed E-state index contributed by atoms with van der Waals surface area (Å²) < 4.78 is 6.22. The number of carbonyl (C=O) groups excluding carboxylic acids is 3. The quantitative estimate of drug-likeness (QED) is 0.546. The molecular formula is C18H21IN2O4. The lowest BCUT2D eigenvalue weighted by Crippen LogP contribution is -2.41. The summed E-state index contributed by atoms with van der Waals surface area (Å²) in [5.74, 6) is -0.487. The Morgan fingerprint density at radius 2 is 1.68 bits per heavy atom. The molecule has 1 saturated heterocycles. The van der Waals surface area contributed by atoms with Gasteiger partial charge in [0.25, 0.3) is 5.91 Å². The fraction of sp³-hybridized carbons (Fsp3) is 0.500. The Labute approximate surface area is 160 Å². The number of piperidine rings is 1. The summed E-state index contributed by atoms with van der Waals surface area (Å²) in [6.45, 7) is 0.917. The number of nitrogens with one attached hydrogen (secondary N) is 1. The molecule has 0 bridgehead atoms. The number of carbonyl (C=O) groups is 3. The van der Waals surface area contributed by atoms with Crippen LogP contribution in [-0.2, 0) is 19.1 Å². The van der Waals surface area contributed by atoms with Crippen LogP contribution in [0.3, 0.4) is 0 Å². The molecule has 0 radical (unpaired) electrons. The smallest absolute Gasteiger partial charge is 0.309 e. The minimum absolute atomic E-state index is 0.216. The first-order valence-corrected chi connectivity index (χ1v) is 9.61. The van der Waals surface area contributed by atoms with Gasteiger partial charge in [0.2, 0.25) is 5.91 Å². The zero-order valence-electron chi connectivity index (χ0n) is 13.9. The van der Waals surface area contributed by atoms with E-state index in [0.717, 1.165) is 16.4 Å². The Morgan fingerprint density at radius 1 is 1.04 bits per heavy atom. The van der Waals surface area contributed by atoms with Crippen molar-refractivity contribution in [3.05, 3.63) is 27.8 Å². The van der Waals surface area contributed by atoms with E-state index >= 15 is 0 Å². The Balaban J connectivity index is 1.38. The van der Waals surface area contributed by atoms with E-state index in [1.807, 2.05) is 17.0 Å². The van der Waals surface area contributed by atoms with Gasteiger partial charge in [-0.2, -0.15) is 0 Å². The maximum absolute atomic E-state index is 12.1. The minimum Gasteiger partial charge on any atom is -0.455 e. The first-order valence-electron chi connectivity index (χ1n) is 8.54. The molecule has 3 rings (SSSR count). The van der Waals surface area contributed by atoms with Crippen LogP contribution in [0.5, 0.6) is 0 Å². The van der Waals surface area contributed by atoms with E-state index < -0.39 is 0 Å². The van der Waals surface area contributed by atoms with Crippen molar-refractivity contribution >= 4 is 46.1 Å². The molecule has 0 spiro atoms. The van der Waals surface area contributed by atoms with Crippen LogP contribution in [0.2, 0.25) is 0 Å². The van der Waals surface area contributed by atoms with Gasteiger partial charge in [0.05, 0.1) is 5.92 Å². The highest BCUT2D eigenvalue weighted by molar-refractivity contribution is 14.1. The average Bonchev–Trinajstić information content (AvgIpc) is 3.46. The summed E-state index contributed by atoms with van der Waals surface area (Å²) in [6.07, 6.45) is 3.21. The third-order valence-corrected chi connectivity index (χ3v) is 5.26. The van der Waals surface area contributed by atoms with Crippen molar-refractivity contribution in [2.24, 2.45) is 11.8 Å². The second-order valence-corrected chi connectivity index (χ2v) is 7.78. The van der Waals surface area contributed by atoms with Crippen molar-refractivity contribution in [2.45, 2.75) is 25.7 Å². The van der Waals surface area contributed by atoms with Crippen molar-refractivity contribution in [2.75, 3.05) is 25.0 Å². The molecule has 1 aromatic rings. The van der Waals surface area contributed by atoms with Gasteiger partial charge in [-0.1, -0.05) is 0 Å². The number of ether oxygens (including phenoxy) is 1. The number of rotatable bonds is 5. The molecule has 25 heavy (non-hydrogen) atoms. The van der Waals surface area contributed by atoms with Crippen molar-refractivity contribution in [1.82, 2.24) is 4.90 Å². The van der Waals surface area contributed by atoms with E-state index in [9.17, 15) is 14.4 Å². The molecule has 2 aliphatic rings. The van der Waals surface area contributed by atoms with E-state index in [1.54, 1.807) is 12.1 Å². The second-order valence-electron chi connectivity index (χ2n) is 6.54. The molecule has 1 N–H and O–H groups in total. The summed E-state index contributed by atoms with van der Waals surface area (Å²) in [4.78, 5) is 37.8. The molecule has 134 valence electrons. The van der Waals surface area contributed by atoms with Gasteiger partial charge in [0, 0.05) is 28.3 Å². The molecule has 0 unspecified atom stereocenters. The molecular weight excluding hydrogens is 435 g/mol. The highest BCUT2D eigenvalue weighted by Crippen LogP contribution is 2.32. The highest BCUT2D eigenvalue weighted by Gasteiger charge is 2.36. The van der Waals surface area contributed by atoms with Crippen LogP contribution in [0.1, 0.15) is 25.7 Å². The minimum atomic E-state index is -0.351. The number of amides is 2. The normalized spacial score (nSPS) is 17.9. The monoisotopic (exact) mass is 456 g/mol. The van der Waals surface area contributed by atoms with Gasteiger partial charge >= 0.3 is 5.97 Å². The van der Waals surface area contributed by atoms with Crippen LogP contribution >= 0.6 is 22.6 Å². The van der Waals surface area contributed by atoms with Gasteiger partial charge in [-0.15, -0.1) is 0 Å². The number of benzene rings is 1. The molecule has 7 heteroatoms. The van der Waals surface area contributed by atoms with E-state index in [1.165, 1.54) is 0 Å². The second kappa shape index (κ2) is 8.16. The molecule has 1 saturated carbocycles. The Hall–Kier alpha value is -1.64. The van der Waals surface area contributed by atoms with Crippen LogP contribution in [0.4, 0.5) is 5.69 Å². The van der Waals surface area contributed by atoms with Crippen molar-refractivity contribution in [3.8, 4) is 0 Å². The van der Waals surface area contributed by atoms with E-state index in [0.29, 0.717) is 31.6 Å². The molecule has 0 aromatic heterocycles.